The van der Waals surface area contributed by atoms with Crippen LogP contribution < -0.4 is 0 Å². The van der Waals surface area contributed by atoms with Crippen molar-refractivity contribution in [2.24, 2.45) is 0 Å². The van der Waals surface area contributed by atoms with Gasteiger partial charge in [-0.3, -0.25) is 9.80 Å². The van der Waals surface area contributed by atoms with Crippen LogP contribution in [0.25, 0.3) is 0 Å². The molecule has 5 rings (SSSR count). The first-order chi connectivity index (χ1) is 16.9. The molecule has 2 aromatic rings. The van der Waals surface area contributed by atoms with Gasteiger partial charge in [0, 0.05) is 75.3 Å². The lowest BCUT2D eigenvalue weighted by Gasteiger charge is -2.39. The number of carbonyl (C=O) groups is 1. The number of carbonyl (C=O) groups excluding carboxylic acids is 1. The lowest BCUT2D eigenvalue weighted by atomic mass is 9.93. The molecule has 2 fully saturated rings. The maximum atomic E-state index is 13.6. The second kappa shape index (κ2) is 10.5. The van der Waals surface area contributed by atoms with Crippen LogP contribution >= 0.6 is 11.8 Å². The fraction of sp³-hybridized carbons (Fsp3) is 0.536. The highest BCUT2D eigenvalue weighted by molar-refractivity contribution is 7.98. The highest BCUT2D eigenvalue weighted by Gasteiger charge is 2.37. The predicted molar refractivity (Wildman–Crippen MR) is 141 cm³/mol. The van der Waals surface area contributed by atoms with Crippen molar-refractivity contribution in [3.63, 3.8) is 0 Å². The van der Waals surface area contributed by atoms with Crippen LogP contribution in [0.5, 0.6) is 0 Å². The Kier molecular flexibility index (Phi) is 7.37. The normalized spacial score (nSPS) is 23.5. The Labute approximate surface area is 213 Å². The van der Waals surface area contributed by atoms with Crippen LogP contribution in [0, 0.1) is 5.82 Å². The van der Waals surface area contributed by atoms with Crippen LogP contribution in [0.15, 0.2) is 47.4 Å². The Bertz CT molecular complexity index is 1040. The molecule has 35 heavy (non-hydrogen) atoms. The van der Waals surface area contributed by atoms with E-state index >= 15 is 0 Å². The van der Waals surface area contributed by atoms with Gasteiger partial charge in [0.05, 0.1) is 0 Å². The molecule has 188 valence electrons. The number of thioether (sulfide) groups is 1. The maximum Gasteiger partial charge on any atom is 0.320 e. The molecular formula is C28H37FN4OS. The fourth-order valence-corrected chi connectivity index (χ4v) is 6.42. The van der Waals surface area contributed by atoms with Crippen molar-refractivity contribution in [1.29, 1.82) is 0 Å². The number of halogens is 1. The van der Waals surface area contributed by atoms with Gasteiger partial charge in [0.1, 0.15) is 5.82 Å². The molecule has 2 aliphatic heterocycles. The minimum Gasteiger partial charge on any atom is -0.322 e. The van der Waals surface area contributed by atoms with Crippen molar-refractivity contribution in [3.8, 4) is 0 Å². The van der Waals surface area contributed by atoms with Crippen molar-refractivity contribution >= 4 is 17.8 Å². The maximum absolute atomic E-state index is 13.6. The molecule has 7 heteroatoms. The van der Waals surface area contributed by atoms with E-state index in [2.05, 4.69) is 48.1 Å². The number of hydrogen-bond donors (Lipinski definition) is 0. The molecule has 0 spiro atoms. The highest BCUT2D eigenvalue weighted by Crippen LogP contribution is 2.47. The van der Waals surface area contributed by atoms with E-state index in [1.165, 1.54) is 21.6 Å². The quantitative estimate of drug-likeness (QED) is 0.511. The summed E-state index contributed by atoms with van der Waals surface area (Å²) in [7, 11) is 0. The van der Waals surface area contributed by atoms with E-state index < -0.39 is 0 Å². The van der Waals surface area contributed by atoms with Crippen molar-refractivity contribution in [1.82, 2.24) is 19.6 Å². The van der Waals surface area contributed by atoms with Gasteiger partial charge in [-0.05, 0) is 67.5 Å². The van der Waals surface area contributed by atoms with Crippen molar-refractivity contribution in [2.45, 2.75) is 43.2 Å². The third kappa shape index (κ3) is 5.09. The largest absolute Gasteiger partial charge is 0.322 e. The second-order valence-electron chi connectivity index (χ2n) is 10.3. The molecule has 3 aliphatic rings. The molecule has 2 aromatic carbocycles. The third-order valence-electron chi connectivity index (χ3n) is 8.04. The average molecular weight is 497 g/mol. The number of urea groups is 1. The summed E-state index contributed by atoms with van der Waals surface area (Å²) < 4.78 is 13.6. The molecule has 2 saturated heterocycles. The van der Waals surface area contributed by atoms with Gasteiger partial charge in [-0.2, -0.15) is 0 Å². The van der Waals surface area contributed by atoms with Crippen LogP contribution in [0.1, 0.15) is 48.9 Å². The predicted octanol–water partition coefficient (Wildman–Crippen LogP) is 4.89. The Balaban J connectivity index is 1.22. The molecule has 0 N–H and O–H groups in total. The molecule has 2 heterocycles. The number of rotatable bonds is 7. The number of nitrogens with zero attached hydrogens (tertiary/aromatic N) is 4. The van der Waals surface area contributed by atoms with Gasteiger partial charge in [0.2, 0.25) is 0 Å². The van der Waals surface area contributed by atoms with E-state index in [1.54, 1.807) is 23.9 Å². The monoisotopic (exact) mass is 496 g/mol. The molecule has 0 aromatic heterocycles. The zero-order valence-electron chi connectivity index (χ0n) is 21.1. The fourth-order valence-electron chi connectivity index (χ4n) is 5.97. The van der Waals surface area contributed by atoms with E-state index in [0.29, 0.717) is 12.0 Å². The van der Waals surface area contributed by atoms with Crippen LogP contribution in [-0.4, -0.2) is 90.3 Å². The van der Waals surface area contributed by atoms with Crippen molar-refractivity contribution in [2.75, 3.05) is 58.6 Å². The first-order valence-electron chi connectivity index (χ1n) is 12.9. The van der Waals surface area contributed by atoms with Gasteiger partial charge in [0.25, 0.3) is 0 Å². The summed E-state index contributed by atoms with van der Waals surface area (Å²) in [6.07, 6.45) is 3.17. The Morgan fingerprint density at radius 2 is 1.69 bits per heavy atom. The molecule has 0 saturated carbocycles. The smallest absolute Gasteiger partial charge is 0.320 e. The molecule has 2 unspecified atom stereocenters. The Morgan fingerprint density at radius 3 is 2.34 bits per heavy atom. The number of fused-ring (bicyclic) bond motifs is 1. The minimum atomic E-state index is -0.176. The summed E-state index contributed by atoms with van der Waals surface area (Å²) in [6.45, 7) is 11.8. The first-order valence-corrected chi connectivity index (χ1v) is 14.1. The van der Waals surface area contributed by atoms with Gasteiger partial charge in [-0.15, -0.1) is 11.8 Å². The Hall–Kier alpha value is -2.09. The summed E-state index contributed by atoms with van der Waals surface area (Å²) in [5.74, 6) is 0.135. The summed E-state index contributed by atoms with van der Waals surface area (Å²) in [6, 6.07) is 14.9. The summed E-state index contributed by atoms with van der Waals surface area (Å²) in [4.78, 5) is 23.0. The molecule has 0 bridgehead atoms. The van der Waals surface area contributed by atoms with Gasteiger partial charge in [-0.1, -0.05) is 18.2 Å². The first kappa shape index (κ1) is 24.6. The SMILES string of the molecule is CSc1ccc2c(c1)C(c1ccc(F)cc1)CC2N1CCN(CCN2CCN(C(C)C)C2=O)CC1. The van der Waals surface area contributed by atoms with E-state index in [1.807, 2.05) is 21.9 Å². The van der Waals surface area contributed by atoms with E-state index in [0.717, 1.165) is 58.8 Å². The molecular weight excluding hydrogens is 459 g/mol. The molecule has 2 amide bonds. The van der Waals surface area contributed by atoms with Crippen LogP contribution in [0.3, 0.4) is 0 Å². The lowest BCUT2D eigenvalue weighted by Crippen LogP contribution is -2.49. The van der Waals surface area contributed by atoms with E-state index in [9.17, 15) is 9.18 Å². The van der Waals surface area contributed by atoms with Gasteiger partial charge >= 0.3 is 6.03 Å². The van der Waals surface area contributed by atoms with Gasteiger partial charge < -0.3 is 9.80 Å². The zero-order chi connectivity index (χ0) is 24.5. The molecule has 5 nitrogen and oxygen atoms in total. The average Bonchev–Trinajstić information content (AvgIpc) is 3.43. The number of benzene rings is 2. The van der Waals surface area contributed by atoms with Crippen LogP contribution in [0.4, 0.5) is 9.18 Å². The van der Waals surface area contributed by atoms with E-state index in [4.69, 9.17) is 0 Å². The van der Waals surface area contributed by atoms with Gasteiger partial charge in [-0.25, -0.2) is 9.18 Å². The Morgan fingerprint density at radius 1 is 0.943 bits per heavy atom. The minimum absolute atomic E-state index is 0.176. The van der Waals surface area contributed by atoms with Crippen LogP contribution in [0.2, 0.25) is 0 Å². The molecule has 0 radical (unpaired) electrons. The number of hydrogen-bond acceptors (Lipinski definition) is 4. The summed E-state index contributed by atoms with van der Waals surface area (Å²) in [5.41, 5.74) is 4.04. The summed E-state index contributed by atoms with van der Waals surface area (Å²) >= 11 is 1.78. The van der Waals surface area contributed by atoms with Gasteiger partial charge in [0.15, 0.2) is 0 Å². The standard InChI is InChI=1S/C28H37FN4OS/c1-20(2)33-17-16-32(28(33)34)15-12-30-10-13-31(14-11-30)27-19-25(21-4-6-22(29)7-5-21)26-18-23(35-3)8-9-24(26)27/h4-9,18,20,25,27H,10-17,19H2,1-3H3. The number of amides is 2. The highest BCUT2D eigenvalue weighted by atomic mass is 32.2. The van der Waals surface area contributed by atoms with Crippen molar-refractivity contribution < 1.29 is 9.18 Å². The molecule has 2 atom stereocenters. The lowest BCUT2D eigenvalue weighted by molar-refractivity contribution is 0.0900. The number of piperazine rings is 1. The molecule has 1 aliphatic carbocycles. The zero-order valence-corrected chi connectivity index (χ0v) is 21.9. The van der Waals surface area contributed by atoms with E-state index in [-0.39, 0.29) is 17.9 Å². The van der Waals surface area contributed by atoms with Crippen molar-refractivity contribution in [3.05, 3.63) is 65.0 Å². The topological polar surface area (TPSA) is 30.0 Å². The summed E-state index contributed by atoms with van der Waals surface area (Å²) in [5, 5.41) is 0. The second-order valence-corrected chi connectivity index (χ2v) is 11.2. The van der Waals surface area contributed by atoms with Crippen LogP contribution in [-0.2, 0) is 0 Å². The third-order valence-corrected chi connectivity index (χ3v) is 8.77.